The van der Waals surface area contributed by atoms with Crippen LogP contribution >= 0.6 is 0 Å². The fourth-order valence-electron chi connectivity index (χ4n) is 3.21. The van der Waals surface area contributed by atoms with Gasteiger partial charge in [0, 0.05) is 6.54 Å². The molecule has 0 saturated heterocycles. The lowest BCUT2D eigenvalue weighted by Crippen LogP contribution is -2.34. The Kier molecular flexibility index (Phi) is 3.69. The van der Waals surface area contributed by atoms with Crippen molar-refractivity contribution in [2.75, 3.05) is 6.54 Å². The van der Waals surface area contributed by atoms with E-state index in [0.29, 0.717) is 17.0 Å². The highest BCUT2D eigenvalue weighted by Crippen LogP contribution is 2.30. The van der Waals surface area contributed by atoms with Crippen LogP contribution in [0.3, 0.4) is 0 Å². The summed E-state index contributed by atoms with van der Waals surface area (Å²) in [6.07, 6.45) is 3.07. The summed E-state index contributed by atoms with van der Waals surface area (Å²) in [7, 11) is 0. The van der Waals surface area contributed by atoms with Gasteiger partial charge < -0.3 is 4.42 Å². The number of imide groups is 1. The van der Waals surface area contributed by atoms with Crippen molar-refractivity contribution in [2.45, 2.75) is 12.8 Å². The molecule has 0 aliphatic carbocycles. The monoisotopic (exact) mass is 332 g/mol. The Balaban J connectivity index is 1.71. The topological polar surface area (TPSA) is 63.4 Å². The Morgan fingerprint density at radius 3 is 2.36 bits per heavy atom. The Bertz CT molecular complexity index is 912. The quantitative estimate of drug-likeness (QED) is 0.687. The Morgan fingerprint density at radius 1 is 1.04 bits per heavy atom. The number of hydrogen-bond donors (Lipinski definition) is 0. The van der Waals surface area contributed by atoms with Gasteiger partial charge >= 0.3 is 0 Å². The van der Waals surface area contributed by atoms with E-state index in [4.69, 9.17) is 4.42 Å². The minimum Gasteiger partial charge on any atom is -0.448 e. The summed E-state index contributed by atoms with van der Waals surface area (Å²) < 4.78 is 5.49. The van der Waals surface area contributed by atoms with Crippen LogP contribution in [0.1, 0.15) is 43.7 Å². The molecule has 5 nitrogen and oxygen atoms in total. The molecule has 0 bridgehead atoms. The fraction of sp³-hybridized carbons (Fsp3) is 0.150. The highest BCUT2D eigenvalue weighted by atomic mass is 16.3. The Hall–Kier alpha value is -3.21. The van der Waals surface area contributed by atoms with Gasteiger partial charge in [-0.05, 0) is 24.6 Å². The molecule has 0 spiro atoms. The molecule has 1 aliphatic rings. The zero-order chi connectivity index (χ0) is 17.4. The molecule has 25 heavy (non-hydrogen) atoms. The van der Waals surface area contributed by atoms with Crippen LogP contribution in [0.2, 0.25) is 0 Å². The predicted molar refractivity (Wildman–Crippen MR) is 91.3 cm³/mol. The van der Waals surface area contributed by atoms with E-state index in [2.05, 4.69) is 4.98 Å². The van der Waals surface area contributed by atoms with Crippen molar-refractivity contribution in [3.63, 3.8) is 0 Å². The van der Waals surface area contributed by atoms with Gasteiger partial charge in [-0.2, -0.15) is 0 Å². The highest BCUT2D eigenvalue weighted by Gasteiger charge is 2.37. The Labute approximate surface area is 144 Å². The normalized spacial score (nSPS) is 14.7. The van der Waals surface area contributed by atoms with Crippen molar-refractivity contribution in [2.24, 2.45) is 0 Å². The van der Waals surface area contributed by atoms with Gasteiger partial charge in [0.25, 0.3) is 11.8 Å². The first-order valence-electron chi connectivity index (χ1n) is 8.06. The molecule has 0 N–H and O–H groups in total. The number of benzene rings is 2. The smallest absolute Gasteiger partial charge is 0.261 e. The lowest BCUT2D eigenvalue weighted by molar-refractivity contribution is 0.0646. The molecule has 1 aromatic heterocycles. The molecule has 2 heterocycles. The third kappa shape index (κ3) is 2.63. The van der Waals surface area contributed by atoms with E-state index in [1.165, 1.54) is 11.2 Å². The number of carbonyl (C=O) groups excluding carboxylic acids is 2. The molecule has 124 valence electrons. The van der Waals surface area contributed by atoms with Gasteiger partial charge in [0.1, 0.15) is 6.26 Å². The molecule has 1 unspecified atom stereocenters. The average Bonchev–Trinajstić information content (AvgIpc) is 3.22. The van der Waals surface area contributed by atoms with E-state index in [-0.39, 0.29) is 24.3 Å². The van der Waals surface area contributed by atoms with Gasteiger partial charge in [-0.15, -0.1) is 0 Å². The standard InChI is InChI=1S/C20H16N2O3/c1-13-5-4-6-14(11-13)17(18-21-9-10-25-18)12-22-19(23)15-7-2-3-8-16(15)20(22)24/h2-11,17H,12H2,1H3. The largest absolute Gasteiger partial charge is 0.448 e. The third-order valence-corrected chi connectivity index (χ3v) is 4.44. The summed E-state index contributed by atoms with van der Waals surface area (Å²) in [5, 5.41) is 0. The van der Waals surface area contributed by atoms with Crippen molar-refractivity contribution in [3.8, 4) is 0 Å². The first-order chi connectivity index (χ1) is 12.1. The fourth-order valence-corrected chi connectivity index (χ4v) is 3.21. The van der Waals surface area contributed by atoms with Crippen LogP contribution < -0.4 is 0 Å². The molecule has 0 saturated carbocycles. The van der Waals surface area contributed by atoms with Gasteiger partial charge in [-0.1, -0.05) is 42.0 Å². The average molecular weight is 332 g/mol. The summed E-state index contributed by atoms with van der Waals surface area (Å²) in [6, 6.07) is 14.8. The minimum absolute atomic E-state index is 0.191. The van der Waals surface area contributed by atoms with Crippen molar-refractivity contribution < 1.29 is 14.0 Å². The van der Waals surface area contributed by atoms with Crippen LogP contribution in [0.15, 0.2) is 65.4 Å². The number of amides is 2. The van der Waals surface area contributed by atoms with E-state index in [9.17, 15) is 9.59 Å². The molecule has 2 amide bonds. The molecule has 5 heteroatoms. The van der Waals surface area contributed by atoms with E-state index < -0.39 is 0 Å². The van der Waals surface area contributed by atoms with Gasteiger partial charge in [-0.3, -0.25) is 14.5 Å². The minimum atomic E-state index is -0.308. The lowest BCUT2D eigenvalue weighted by Gasteiger charge is -2.21. The molecule has 2 aromatic carbocycles. The first kappa shape index (κ1) is 15.3. The van der Waals surface area contributed by atoms with Crippen LogP contribution in [-0.2, 0) is 0 Å². The molecule has 1 aliphatic heterocycles. The third-order valence-electron chi connectivity index (χ3n) is 4.44. The number of carbonyl (C=O) groups is 2. The Morgan fingerprint density at radius 2 is 1.76 bits per heavy atom. The zero-order valence-electron chi connectivity index (χ0n) is 13.7. The number of aryl methyl sites for hydroxylation is 1. The molecule has 1 atom stereocenters. The van der Waals surface area contributed by atoms with Crippen LogP contribution in [-0.4, -0.2) is 28.2 Å². The van der Waals surface area contributed by atoms with Gasteiger partial charge in [0.05, 0.1) is 23.2 Å². The van der Waals surface area contributed by atoms with Crippen molar-refractivity contribution >= 4 is 11.8 Å². The van der Waals surface area contributed by atoms with Gasteiger partial charge in [0.15, 0.2) is 0 Å². The first-order valence-corrected chi connectivity index (χ1v) is 8.06. The summed E-state index contributed by atoms with van der Waals surface area (Å²) >= 11 is 0. The van der Waals surface area contributed by atoms with Crippen molar-refractivity contribution in [3.05, 3.63) is 89.1 Å². The van der Waals surface area contributed by atoms with Crippen molar-refractivity contribution in [1.82, 2.24) is 9.88 Å². The molecule has 4 rings (SSSR count). The molecule has 0 radical (unpaired) electrons. The van der Waals surface area contributed by atoms with E-state index in [1.807, 2.05) is 31.2 Å². The maximum atomic E-state index is 12.7. The van der Waals surface area contributed by atoms with Crippen LogP contribution in [0.25, 0.3) is 0 Å². The summed E-state index contributed by atoms with van der Waals surface area (Å²) in [6.45, 7) is 2.19. The van der Waals surface area contributed by atoms with Gasteiger partial charge in [0.2, 0.25) is 5.89 Å². The summed E-state index contributed by atoms with van der Waals surface area (Å²) in [4.78, 5) is 30.9. The second-order valence-corrected chi connectivity index (χ2v) is 6.10. The summed E-state index contributed by atoms with van der Waals surface area (Å²) in [5.74, 6) is -0.367. The molecule has 0 fully saturated rings. The van der Waals surface area contributed by atoms with E-state index >= 15 is 0 Å². The number of rotatable bonds is 4. The maximum Gasteiger partial charge on any atom is 0.261 e. The molecular weight excluding hydrogens is 316 g/mol. The number of hydrogen-bond acceptors (Lipinski definition) is 4. The van der Waals surface area contributed by atoms with Crippen LogP contribution in [0.4, 0.5) is 0 Å². The van der Waals surface area contributed by atoms with E-state index in [0.717, 1.165) is 11.1 Å². The molecular formula is C20H16N2O3. The summed E-state index contributed by atoms with van der Waals surface area (Å²) in [5.41, 5.74) is 2.95. The second kappa shape index (κ2) is 6.02. The SMILES string of the molecule is Cc1cccc(C(CN2C(=O)c3ccccc3C2=O)c2ncco2)c1. The number of fused-ring (bicyclic) bond motifs is 1. The number of oxazole rings is 1. The maximum absolute atomic E-state index is 12.7. The zero-order valence-corrected chi connectivity index (χ0v) is 13.7. The van der Waals surface area contributed by atoms with Crippen molar-refractivity contribution in [1.29, 1.82) is 0 Å². The van der Waals surface area contributed by atoms with E-state index in [1.54, 1.807) is 30.5 Å². The second-order valence-electron chi connectivity index (χ2n) is 6.10. The van der Waals surface area contributed by atoms with Crippen LogP contribution in [0, 0.1) is 6.92 Å². The predicted octanol–water partition coefficient (Wildman–Crippen LogP) is 3.41. The number of aromatic nitrogens is 1. The lowest BCUT2D eigenvalue weighted by atomic mass is 9.96. The highest BCUT2D eigenvalue weighted by molar-refractivity contribution is 6.21. The number of nitrogens with zero attached hydrogens (tertiary/aromatic N) is 2. The van der Waals surface area contributed by atoms with Crippen LogP contribution in [0.5, 0.6) is 0 Å². The molecule has 3 aromatic rings. The van der Waals surface area contributed by atoms with Gasteiger partial charge in [-0.25, -0.2) is 4.98 Å².